The fourth-order valence-electron chi connectivity index (χ4n) is 3.35. The molecule has 4 rings (SSSR count). The maximum atomic E-state index is 14.3. The highest BCUT2D eigenvalue weighted by molar-refractivity contribution is 7.90. The zero-order valence-electron chi connectivity index (χ0n) is 17.3. The van der Waals surface area contributed by atoms with Crippen LogP contribution in [0.5, 0.6) is 0 Å². The van der Waals surface area contributed by atoms with E-state index in [1.165, 1.54) is 36.7 Å². The number of nitrogens with one attached hydrogen (secondary N) is 2. The summed E-state index contributed by atoms with van der Waals surface area (Å²) in [6, 6.07) is 11.2. The molecule has 0 radical (unpaired) electrons. The summed E-state index contributed by atoms with van der Waals surface area (Å²) in [5, 5.41) is 5.92. The third-order valence-corrected chi connectivity index (χ3v) is 6.48. The third kappa shape index (κ3) is 4.45. The van der Waals surface area contributed by atoms with Crippen LogP contribution in [0.4, 0.5) is 20.2 Å². The lowest BCUT2D eigenvalue weighted by molar-refractivity contribution is 0.584. The van der Waals surface area contributed by atoms with Crippen LogP contribution in [-0.2, 0) is 16.6 Å². The molecular weight excluding hydrogens is 458 g/mol. The van der Waals surface area contributed by atoms with Gasteiger partial charge in [0, 0.05) is 18.3 Å². The molecule has 0 aliphatic carbocycles. The van der Waals surface area contributed by atoms with E-state index in [0.717, 1.165) is 15.6 Å². The number of aryl methyl sites for hydroxylation is 1. The van der Waals surface area contributed by atoms with Crippen molar-refractivity contribution < 1.29 is 17.2 Å². The Kier molecular flexibility index (Phi) is 6.82. The van der Waals surface area contributed by atoms with E-state index in [2.05, 4.69) is 15.6 Å². The van der Waals surface area contributed by atoms with Crippen molar-refractivity contribution in [3.05, 3.63) is 83.7 Å². The molecular formula is C22H21ClF2N4O2S. The third-order valence-electron chi connectivity index (χ3n) is 4.81. The molecule has 0 amide bonds. The lowest BCUT2D eigenvalue weighted by atomic mass is 10.2. The van der Waals surface area contributed by atoms with Gasteiger partial charge in [-0.3, -0.25) is 4.98 Å². The average Bonchev–Trinajstić information content (AvgIpc) is 3.09. The van der Waals surface area contributed by atoms with E-state index >= 15 is 0 Å². The summed E-state index contributed by atoms with van der Waals surface area (Å²) in [5.41, 5.74) is 2.87. The minimum absolute atomic E-state index is 0. The smallest absolute Gasteiger partial charge is 0.268 e. The van der Waals surface area contributed by atoms with Crippen molar-refractivity contribution in [1.82, 2.24) is 14.3 Å². The topological polar surface area (TPSA) is 76.0 Å². The Morgan fingerprint density at radius 1 is 1.09 bits per heavy atom. The number of pyridine rings is 1. The Morgan fingerprint density at radius 2 is 1.88 bits per heavy atom. The lowest BCUT2D eigenvalue weighted by Crippen LogP contribution is -2.12. The summed E-state index contributed by atoms with van der Waals surface area (Å²) in [6.07, 6.45) is 2.98. The fourth-order valence-corrected chi connectivity index (χ4v) is 4.75. The average molecular weight is 479 g/mol. The van der Waals surface area contributed by atoms with Gasteiger partial charge in [-0.1, -0.05) is 12.1 Å². The van der Waals surface area contributed by atoms with Gasteiger partial charge >= 0.3 is 0 Å². The van der Waals surface area contributed by atoms with Crippen LogP contribution in [0.1, 0.15) is 11.1 Å². The molecule has 0 saturated carbocycles. The molecule has 4 aromatic rings. The minimum Gasteiger partial charge on any atom is -0.352 e. The van der Waals surface area contributed by atoms with E-state index in [9.17, 15) is 17.2 Å². The van der Waals surface area contributed by atoms with E-state index in [4.69, 9.17) is 0 Å². The van der Waals surface area contributed by atoms with Crippen LogP contribution in [0.3, 0.4) is 0 Å². The Balaban J connectivity index is 0.00000289. The molecule has 0 atom stereocenters. The van der Waals surface area contributed by atoms with Crippen molar-refractivity contribution in [2.75, 3.05) is 12.4 Å². The highest BCUT2D eigenvalue weighted by Crippen LogP contribution is 2.29. The molecule has 0 saturated heterocycles. The number of nitrogens with zero attached hydrogens (tertiary/aromatic N) is 2. The number of fused-ring (bicyclic) bond motifs is 1. The SMILES string of the molecule is CNCc1cn(S(=O)(=O)c2cccc(F)c2)c2cc(Nc3ccc(C)cc3F)cnc12.Cl. The van der Waals surface area contributed by atoms with E-state index in [1.807, 2.05) is 0 Å². The molecule has 0 fully saturated rings. The Morgan fingerprint density at radius 3 is 2.56 bits per heavy atom. The van der Waals surface area contributed by atoms with Gasteiger partial charge < -0.3 is 10.6 Å². The molecule has 32 heavy (non-hydrogen) atoms. The molecule has 2 N–H and O–H groups in total. The van der Waals surface area contributed by atoms with Crippen molar-refractivity contribution >= 4 is 44.8 Å². The summed E-state index contributed by atoms with van der Waals surface area (Å²) < 4.78 is 55.5. The lowest BCUT2D eigenvalue weighted by Gasteiger charge is -2.10. The molecule has 2 heterocycles. The van der Waals surface area contributed by atoms with Crippen molar-refractivity contribution in [1.29, 1.82) is 0 Å². The summed E-state index contributed by atoms with van der Waals surface area (Å²) in [5.74, 6) is -1.08. The van der Waals surface area contributed by atoms with Gasteiger partial charge in [0.05, 0.1) is 33.5 Å². The normalized spacial score (nSPS) is 11.4. The standard InChI is InChI=1S/C22H20F2N4O2S.ClH/c1-14-6-7-20(19(24)8-14)27-17-10-21-22(26-12-17)15(11-25-2)13-28(21)31(29,30)18-5-3-4-16(23)9-18;/h3-10,12-13,25,27H,11H2,1-2H3;1H. The zero-order chi connectivity index (χ0) is 22.2. The molecule has 0 aliphatic rings. The largest absolute Gasteiger partial charge is 0.352 e. The molecule has 10 heteroatoms. The van der Waals surface area contributed by atoms with Gasteiger partial charge in [-0.2, -0.15) is 0 Å². The first-order valence-electron chi connectivity index (χ1n) is 9.48. The second kappa shape index (κ2) is 9.23. The van der Waals surface area contributed by atoms with Crippen molar-refractivity contribution in [3.63, 3.8) is 0 Å². The fraction of sp³-hybridized carbons (Fsp3) is 0.136. The Bertz CT molecular complexity index is 1390. The van der Waals surface area contributed by atoms with Gasteiger partial charge in [0.25, 0.3) is 10.0 Å². The number of aromatic nitrogens is 2. The minimum atomic E-state index is -4.08. The zero-order valence-corrected chi connectivity index (χ0v) is 18.9. The molecule has 6 nitrogen and oxygen atoms in total. The number of hydrogen-bond donors (Lipinski definition) is 2. The maximum absolute atomic E-state index is 14.3. The number of anilines is 2. The van der Waals surface area contributed by atoms with Crippen LogP contribution in [0.2, 0.25) is 0 Å². The predicted molar refractivity (Wildman–Crippen MR) is 123 cm³/mol. The predicted octanol–water partition coefficient (Wildman–Crippen LogP) is 4.74. The highest BCUT2D eigenvalue weighted by Gasteiger charge is 2.23. The summed E-state index contributed by atoms with van der Waals surface area (Å²) in [4.78, 5) is 4.23. The van der Waals surface area contributed by atoms with E-state index < -0.39 is 21.7 Å². The monoisotopic (exact) mass is 478 g/mol. The molecule has 168 valence electrons. The van der Waals surface area contributed by atoms with E-state index in [-0.39, 0.29) is 23.0 Å². The van der Waals surface area contributed by atoms with Gasteiger partial charge in [-0.05, 0) is 55.9 Å². The van der Waals surface area contributed by atoms with Gasteiger partial charge in [0.15, 0.2) is 0 Å². The van der Waals surface area contributed by atoms with Gasteiger partial charge in [-0.15, -0.1) is 12.4 Å². The van der Waals surface area contributed by atoms with Crippen LogP contribution in [0, 0.1) is 18.6 Å². The van der Waals surface area contributed by atoms with Gasteiger partial charge in [0.2, 0.25) is 0 Å². The van der Waals surface area contributed by atoms with Crippen molar-refractivity contribution in [2.24, 2.45) is 0 Å². The van der Waals surface area contributed by atoms with Crippen LogP contribution < -0.4 is 10.6 Å². The van der Waals surface area contributed by atoms with Crippen LogP contribution in [-0.4, -0.2) is 24.4 Å². The van der Waals surface area contributed by atoms with E-state index in [0.29, 0.717) is 28.8 Å². The molecule has 0 spiro atoms. The van der Waals surface area contributed by atoms with E-state index in [1.54, 1.807) is 32.2 Å². The van der Waals surface area contributed by atoms with Crippen LogP contribution >= 0.6 is 12.4 Å². The summed E-state index contributed by atoms with van der Waals surface area (Å²) in [7, 11) is -2.35. The Hall–Kier alpha value is -3.01. The summed E-state index contributed by atoms with van der Waals surface area (Å²) in [6.45, 7) is 2.17. The number of benzene rings is 2. The first kappa shape index (κ1) is 23.6. The number of hydrogen-bond acceptors (Lipinski definition) is 5. The van der Waals surface area contributed by atoms with Gasteiger partial charge in [-0.25, -0.2) is 21.2 Å². The number of halogens is 3. The quantitative estimate of drug-likeness (QED) is 0.418. The van der Waals surface area contributed by atoms with Crippen LogP contribution in [0.25, 0.3) is 11.0 Å². The molecule has 0 aliphatic heterocycles. The second-order valence-corrected chi connectivity index (χ2v) is 8.96. The molecule has 0 bridgehead atoms. The Labute approximate surface area is 190 Å². The highest BCUT2D eigenvalue weighted by atomic mass is 35.5. The maximum Gasteiger partial charge on any atom is 0.268 e. The molecule has 0 unspecified atom stereocenters. The molecule has 2 aromatic carbocycles. The van der Waals surface area contributed by atoms with Gasteiger partial charge in [0.1, 0.15) is 11.6 Å². The first-order chi connectivity index (χ1) is 14.8. The van der Waals surface area contributed by atoms with Crippen molar-refractivity contribution in [2.45, 2.75) is 18.4 Å². The van der Waals surface area contributed by atoms with Crippen molar-refractivity contribution in [3.8, 4) is 0 Å². The summed E-state index contributed by atoms with van der Waals surface area (Å²) >= 11 is 0. The second-order valence-electron chi connectivity index (χ2n) is 7.14. The first-order valence-corrected chi connectivity index (χ1v) is 10.9. The number of rotatable bonds is 6. The van der Waals surface area contributed by atoms with Crippen LogP contribution in [0.15, 0.2) is 65.8 Å². The molecule has 2 aromatic heterocycles.